The Morgan fingerprint density at radius 3 is 2.81 bits per heavy atom. The minimum atomic E-state index is 0.600. The van der Waals surface area contributed by atoms with Crippen molar-refractivity contribution >= 4 is 21.6 Å². The van der Waals surface area contributed by atoms with Gasteiger partial charge in [0.1, 0.15) is 11.4 Å². The molecule has 0 radical (unpaired) electrons. The van der Waals surface area contributed by atoms with Crippen LogP contribution in [0.1, 0.15) is 5.56 Å². The normalized spacial score (nSPS) is 10.8. The molecule has 0 N–H and O–H groups in total. The summed E-state index contributed by atoms with van der Waals surface area (Å²) in [6.07, 6.45) is 1.96. The fourth-order valence-corrected chi connectivity index (χ4v) is 2.49. The summed E-state index contributed by atoms with van der Waals surface area (Å²) in [7, 11) is 0. The van der Waals surface area contributed by atoms with Gasteiger partial charge in [0.05, 0.1) is 0 Å². The van der Waals surface area contributed by atoms with E-state index in [1.165, 1.54) is 10.9 Å². The zero-order valence-corrected chi connectivity index (χ0v) is 9.48. The minimum Gasteiger partial charge on any atom is -0.408 e. The number of hydrogen-bond donors (Lipinski definition) is 0. The third-order valence-electron chi connectivity index (χ3n) is 2.48. The molecule has 3 aromatic rings. The van der Waals surface area contributed by atoms with Gasteiger partial charge < -0.3 is 4.84 Å². The molecule has 0 bridgehead atoms. The molecular weight excluding hydrogens is 218 g/mol. The van der Waals surface area contributed by atoms with Gasteiger partial charge in [-0.05, 0) is 23.1 Å². The second-order valence-electron chi connectivity index (χ2n) is 3.58. The molecule has 0 saturated heterocycles. The molecule has 1 aromatic carbocycles. The van der Waals surface area contributed by atoms with Crippen molar-refractivity contribution in [1.82, 2.24) is 4.73 Å². The summed E-state index contributed by atoms with van der Waals surface area (Å²) in [5, 5.41) is 3.31. The number of nitrogens with zero attached hydrogens (tertiary/aromatic N) is 1. The van der Waals surface area contributed by atoms with Gasteiger partial charge in [0.15, 0.2) is 0 Å². The van der Waals surface area contributed by atoms with Crippen molar-refractivity contribution in [2.75, 3.05) is 0 Å². The predicted molar refractivity (Wildman–Crippen MR) is 66.5 cm³/mol. The van der Waals surface area contributed by atoms with Crippen molar-refractivity contribution in [3.05, 3.63) is 59.6 Å². The Morgan fingerprint density at radius 1 is 1.06 bits per heavy atom. The maximum Gasteiger partial charge on any atom is 0.140 e. The monoisotopic (exact) mass is 229 g/mol. The number of thiophene rings is 1. The first-order valence-corrected chi connectivity index (χ1v) is 6.03. The van der Waals surface area contributed by atoms with Crippen LogP contribution in [-0.2, 0) is 6.61 Å². The lowest BCUT2D eigenvalue weighted by Gasteiger charge is -2.06. The SMILES string of the molecule is c1ccc(COn2ccc3ccsc32)cc1. The highest BCUT2D eigenvalue weighted by Crippen LogP contribution is 2.20. The molecule has 16 heavy (non-hydrogen) atoms. The van der Waals surface area contributed by atoms with Crippen LogP contribution in [0, 0.1) is 0 Å². The molecule has 80 valence electrons. The van der Waals surface area contributed by atoms with Gasteiger partial charge in [-0.25, -0.2) is 0 Å². The van der Waals surface area contributed by atoms with Crippen LogP contribution >= 0.6 is 11.3 Å². The molecule has 3 rings (SSSR count). The molecule has 0 saturated carbocycles. The van der Waals surface area contributed by atoms with Crippen LogP contribution < -0.4 is 4.84 Å². The van der Waals surface area contributed by atoms with Crippen LogP contribution in [0.5, 0.6) is 0 Å². The van der Waals surface area contributed by atoms with Crippen LogP contribution in [0.3, 0.4) is 0 Å². The highest BCUT2D eigenvalue weighted by Gasteiger charge is 2.02. The second kappa shape index (κ2) is 4.02. The van der Waals surface area contributed by atoms with E-state index in [1.807, 2.05) is 29.1 Å². The van der Waals surface area contributed by atoms with Crippen molar-refractivity contribution in [3.63, 3.8) is 0 Å². The minimum absolute atomic E-state index is 0.600. The second-order valence-corrected chi connectivity index (χ2v) is 4.48. The quantitative estimate of drug-likeness (QED) is 0.672. The van der Waals surface area contributed by atoms with Crippen LogP contribution in [-0.4, -0.2) is 4.73 Å². The zero-order chi connectivity index (χ0) is 10.8. The Balaban J connectivity index is 1.79. The number of fused-ring (bicyclic) bond motifs is 1. The van der Waals surface area contributed by atoms with Crippen LogP contribution in [0.15, 0.2) is 54.0 Å². The van der Waals surface area contributed by atoms with E-state index < -0.39 is 0 Å². The molecule has 2 aromatic heterocycles. The lowest BCUT2D eigenvalue weighted by Crippen LogP contribution is -2.08. The van der Waals surface area contributed by atoms with E-state index in [9.17, 15) is 0 Å². The first-order valence-electron chi connectivity index (χ1n) is 5.15. The van der Waals surface area contributed by atoms with Crippen molar-refractivity contribution in [2.24, 2.45) is 0 Å². The molecule has 2 nitrogen and oxygen atoms in total. The lowest BCUT2D eigenvalue weighted by atomic mass is 10.2. The smallest absolute Gasteiger partial charge is 0.140 e. The third kappa shape index (κ3) is 1.70. The fourth-order valence-electron chi connectivity index (χ4n) is 1.65. The summed E-state index contributed by atoms with van der Waals surface area (Å²) in [6, 6.07) is 14.4. The Bertz CT molecular complexity index is 582. The van der Waals surface area contributed by atoms with E-state index in [2.05, 4.69) is 29.6 Å². The molecule has 3 heteroatoms. The molecule has 0 fully saturated rings. The largest absolute Gasteiger partial charge is 0.408 e. The third-order valence-corrected chi connectivity index (χ3v) is 3.39. The summed E-state index contributed by atoms with van der Waals surface area (Å²) in [5.74, 6) is 0. The average molecular weight is 229 g/mol. The van der Waals surface area contributed by atoms with E-state index in [1.54, 1.807) is 11.3 Å². The first-order chi connectivity index (χ1) is 7.93. The molecule has 0 amide bonds. The van der Waals surface area contributed by atoms with Gasteiger partial charge in [0.2, 0.25) is 0 Å². The van der Waals surface area contributed by atoms with E-state index >= 15 is 0 Å². The molecule has 0 aliphatic carbocycles. The van der Waals surface area contributed by atoms with Crippen LogP contribution in [0.4, 0.5) is 0 Å². The first kappa shape index (κ1) is 9.48. The van der Waals surface area contributed by atoms with E-state index in [0.717, 1.165) is 4.83 Å². The van der Waals surface area contributed by atoms with Gasteiger partial charge in [-0.15, -0.1) is 11.3 Å². The van der Waals surface area contributed by atoms with Gasteiger partial charge in [0.25, 0.3) is 0 Å². The fraction of sp³-hybridized carbons (Fsp3) is 0.0769. The molecule has 0 unspecified atom stereocenters. The van der Waals surface area contributed by atoms with Gasteiger partial charge in [-0.2, -0.15) is 4.73 Å². The Labute approximate surface area is 97.7 Å². The standard InChI is InChI=1S/C13H11NOS/c1-2-4-11(5-3-1)10-15-14-8-6-12-7-9-16-13(12)14/h1-9H,10H2. The summed E-state index contributed by atoms with van der Waals surface area (Å²) in [4.78, 5) is 6.89. The van der Waals surface area contributed by atoms with Crippen molar-refractivity contribution in [3.8, 4) is 0 Å². The number of aromatic nitrogens is 1. The highest BCUT2D eigenvalue weighted by molar-refractivity contribution is 7.16. The van der Waals surface area contributed by atoms with Crippen LogP contribution in [0.25, 0.3) is 10.2 Å². The topological polar surface area (TPSA) is 14.2 Å². The van der Waals surface area contributed by atoms with E-state index in [4.69, 9.17) is 4.84 Å². The Hall–Kier alpha value is -1.74. The average Bonchev–Trinajstić information content (AvgIpc) is 2.90. The van der Waals surface area contributed by atoms with Gasteiger partial charge in [-0.3, -0.25) is 0 Å². The molecule has 0 spiro atoms. The summed E-state index contributed by atoms with van der Waals surface area (Å²) < 4.78 is 1.84. The van der Waals surface area contributed by atoms with Crippen molar-refractivity contribution in [1.29, 1.82) is 0 Å². The molecule has 2 heterocycles. The van der Waals surface area contributed by atoms with Gasteiger partial charge >= 0.3 is 0 Å². The van der Waals surface area contributed by atoms with Crippen molar-refractivity contribution in [2.45, 2.75) is 6.61 Å². The predicted octanol–water partition coefficient (Wildman–Crippen LogP) is 3.33. The summed E-state index contributed by atoms with van der Waals surface area (Å²) in [6.45, 7) is 0.600. The van der Waals surface area contributed by atoms with Gasteiger partial charge in [-0.1, -0.05) is 30.3 Å². The van der Waals surface area contributed by atoms with Crippen LogP contribution in [0.2, 0.25) is 0 Å². The molecule has 0 aliphatic heterocycles. The number of hydrogen-bond acceptors (Lipinski definition) is 2. The maximum absolute atomic E-state index is 5.73. The van der Waals surface area contributed by atoms with E-state index in [0.29, 0.717) is 6.61 Å². The molecular formula is C13H11NOS. The Kier molecular flexibility index (Phi) is 2.38. The zero-order valence-electron chi connectivity index (χ0n) is 8.67. The lowest BCUT2D eigenvalue weighted by molar-refractivity contribution is 0.108. The molecule has 0 aliphatic rings. The maximum atomic E-state index is 5.73. The summed E-state index contributed by atoms with van der Waals surface area (Å²) in [5.41, 5.74) is 1.18. The highest BCUT2D eigenvalue weighted by atomic mass is 32.1. The summed E-state index contributed by atoms with van der Waals surface area (Å²) >= 11 is 1.69. The number of rotatable bonds is 3. The number of benzene rings is 1. The van der Waals surface area contributed by atoms with Gasteiger partial charge in [0, 0.05) is 11.6 Å². The van der Waals surface area contributed by atoms with Crippen molar-refractivity contribution < 1.29 is 4.84 Å². The molecule has 0 atom stereocenters. The van der Waals surface area contributed by atoms with E-state index in [-0.39, 0.29) is 0 Å². The Morgan fingerprint density at radius 2 is 1.94 bits per heavy atom.